The van der Waals surface area contributed by atoms with Gasteiger partial charge in [0.25, 0.3) is 0 Å². The molecule has 134 valence electrons. The monoisotopic (exact) mass is 421 g/mol. The minimum absolute atomic E-state index is 0.244. The molecule has 1 fully saturated rings. The SMILES string of the molecule is CC(C)(C)OC(=O)N1CCC(COc2c(Cl)cc(F)cc2Br)CC1. The summed E-state index contributed by atoms with van der Waals surface area (Å²) in [6.07, 6.45) is 1.39. The maximum absolute atomic E-state index is 13.2. The van der Waals surface area contributed by atoms with Crippen LogP contribution in [0.25, 0.3) is 0 Å². The molecule has 1 aromatic rings. The molecule has 4 nitrogen and oxygen atoms in total. The number of piperidine rings is 1. The van der Waals surface area contributed by atoms with E-state index in [1.54, 1.807) is 4.90 Å². The number of amides is 1. The van der Waals surface area contributed by atoms with Gasteiger partial charge in [-0.25, -0.2) is 9.18 Å². The molecule has 1 aromatic carbocycles. The summed E-state index contributed by atoms with van der Waals surface area (Å²) in [4.78, 5) is 13.8. The van der Waals surface area contributed by atoms with E-state index in [0.29, 0.717) is 35.8 Å². The number of hydrogen-bond donors (Lipinski definition) is 0. The van der Waals surface area contributed by atoms with E-state index in [1.165, 1.54) is 12.1 Å². The molecule has 7 heteroatoms. The third kappa shape index (κ3) is 5.52. The number of ether oxygens (including phenoxy) is 2. The van der Waals surface area contributed by atoms with Gasteiger partial charge in [-0.2, -0.15) is 0 Å². The lowest BCUT2D eigenvalue weighted by Crippen LogP contribution is -2.42. The summed E-state index contributed by atoms with van der Waals surface area (Å²) in [5.74, 6) is 0.356. The first kappa shape index (κ1) is 19.3. The van der Waals surface area contributed by atoms with Crippen molar-refractivity contribution < 1.29 is 18.7 Å². The number of nitrogens with zero attached hydrogens (tertiary/aromatic N) is 1. The predicted octanol–water partition coefficient (Wildman–Crippen LogP) is 5.27. The van der Waals surface area contributed by atoms with Crippen LogP contribution in [0.3, 0.4) is 0 Å². The van der Waals surface area contributed by atoms with Crippen LogP contribution in [0.2, 0.25) is 5.02 Å². The van der Waals surface area contributed by atoms with Crippen LogP contribution >= 0.6 is 27.5 Å². The first-order valence-electron chi connectivity index (χ1n) is 7.91. The van der Waals surface area contributed by atoms with Crippen molar-refractivity contribution in [3.05, 3.63) is 27.4 Å². The van der Waals surface area contributed by atoms with Gasteiger partial charge in [-0.1, -0.05) is 11.6 Å². The highest BCUT2D eigenvalue weighted by molar-refractivity contribution is 9.10. The van der Waals surface area contributed by atoms with Gasteiger partial charge in [0.2, 0.25) is 0 Å². The molecule has 0 unspecified atom stereocenters. The van der Waals surface area contributed by atoms with E-state index in [9.17, 15) is 9.18 Å². The predicted molar refractivity (Wildman–Crippen MR) is 95.1 cm³/mol. The Bertz CT molecular complexity index is 575. The summed E-state index contributed by atoms with van der Waals surface area (Å²) in [5, 5.41) is 0.244. The molecule has 0 bridgehead atoms. The molecule has 2 rings (SSSR count). The van der Waals surface area contributed by atoms with Gasteiger partial charge in [-0.3, -0.25) is 0 Å². The number of hydrogen-bond acceptors (Lipinski definition) is 3. The highest BCUT2D eigenvalue weighted by atomic mass is 79.9. The quantitative estimate of drug-likeness (QED) is 0.666. The van der Waals surface area contributed by atoms with Crippen molar-refractivity contribution in [2.24, 2.45) is 5.92 Å². The first-order chi connectivity index (χ1) is 11.2. The first-order valence-corrected chi connectivity index (χ1v) is 9.08. The van der Waals surface area contributed by atoms with Crippen molar-refractivity contribution in [2.75, 3.05) is 19.7 Å². The summed E-state index contributed by atoms with van der Waals surface area (Å²) in [6.45, 7) is 7.33. The topological polar surface area (TPSA) is 38.8 Å². The molecule has 1 aliphatic heterocycles. The molecule has 0 atom stereocenters. The zero-order valence-corrected chi connectivity index (χ0v) is 16.4. The fraction of sp³-hybridized carbons (Fsp3) is 0.588. The molecule has 0 N–H and O–H groups in total. The molecule has 0 aliphatic carbocycles. The Balaban J connectivity index is 1.83. The van der Waals surface area contributed by atoms with Crippen LogP contribution in [0.1, 0.15) is 33.6 Å². The third-order valence-electron chi connectivity index (χ3n) is 3.69. The van der Waals surface area contributed by atoms with Gasteiger partial charge in [0.05, 0.1) is 16.1 Å². The van der Waals surface area contributed by atoms with Crippen LogP contribution < -0.4 is 4.74 Å². The smallest absolute Gasteiger partial charge is 0.410 e. The standard InChI is InChI=1S/C17H22BrClFNO3/c1-17(2,3)24-16(22)21-6-4-11(5-7-21)10-23-15-13(18)8-12(20)9-14(15)19/h8-9,11H,4-7,10H2,1-3H3. The molecule has 0 saturated carbocycles. The van der Waals surface area contributed by atoms with Crippen molar-refractivity contribution in [3.63, 3.8) is 0 Å². The average molecular weight is 423 g/mol. The van der Waals surface area contributed by atoms with Crippen molar-refractivity contribution in [1.82, 2.24) is 4.90 Å². The zero-order valence-electron chi connectivity index (χ0n) is 14.1. The Morgan fingerprint density at radius 2 is 2.00 bits per heavy atom. The van der Waals surface area contributed by atoms with Crippen LogP contribution in [0.5, 0.6) is 5.75 Å². The van der Waals surface area contributed by atoms with Gasteiger partial charge in [0.15, 0.2) is 5.75 Å². The number of rotatable bonds is 3. The van der Waals surface area contributed by atoms with Gasteiger partial charge in [0.1, 0.15) is 11.4 Å². The van der Waals surface area contributed by atoms with E-state index in [2.05, 4.69) is 15.9 Å². The van der Waals surface area contributed by atoms with Crippen molar-refractivity contribution in [2.45, 2.75) is 39.2 Å². The summed E-state index contributed by atoms with van der Waals surface area (Å²) >= 11 is 9.27. The van der Waals surface area contributed by atoms with Crippen LogP contribution in [0, 0.1) is 11.7 Å². The van der Waals surface area contributed by atoms with Gasteiger partial charge >= 0.3 is 6.09 Å². The second kappa shape index (κ2) is 7.91. The minimum Gasteiger partial charge on any atom is -0.491 e. The maximum atomic E-state index is 13.2. The van der Waals surface area contributed by atoms with Crippen molar-refractivity contribution >= 4 is 33.6 Å². The van der Waals surface area contributed by atoms with E-state index in [1.807, 2.05) is 20.8 Å². The number of carbonyl (C=O) groups is 1. The van der Waals surface area contributed by atoms with Gasteiger partial charge in [-0.15, -0.1) is 0 Å². The second-order valence-corrected chi connectivity index (χ2v) is 8.18. The average Bonchev–Trinajstić information content (AvgIpc) is 2.45. The van der Waals surface area contributed by atoms with Crippen LogP contribution in [-0.4, -0.2) is 36.3 Å². The van der Waals surface area contributed by atoms with Crippen LogP contribution in [0.4, 0.5) is 9.18 Å². The fourth-order valence-electron chi connectivity index (χ4n) is 2.48. The summed E-state index contributed by atoms with van der Waals surface area (Å²) < 4.78 is 24.9. The highest BCUT2D eigenvalue weighted by Gasteiger charge is 2.27. The number of likely N-dealkylation sites (tertiary alicyclic amines) is 1. The fourth-order valence-corrected chi connectivity index (χ4v) is 3.40. The maximum Gasteiger partial charge on any atom is 0.410 e. The van der Waals surface area contributed by atoms with E-state index in [0.717, 1.165) is 12.8 Å². The molecule has 1 saturated heterocycles. The number of carbonyl (C=O) groups excluding carboxylic acids is 1. The Kier molecular flexibility index (Phi) is 6.37. The Morgan fingerprint density at radius 3 is 2.54 bits per heavy atom. The molecular weight excluding hydrogens is 401 g/mol. The van der Waals surface area contributed by atoms with Gasteiger partial charge < -0.3 is 14.4 Å². The molecule has 1 aliphatic rings. The van der Waals surface area contributed by atoms with Crippen molar-refractivity contribution in [3.8, 4) is 5.75 Å². The lowest BCUT2D eigenvalue weighted by Gasteiger charge is -2.33. The molecule has 1 heterocycles. The largest absolute Gasteiger partial charge is 0.491 e. The van der Waals surface area contributed by atoms with Crippen LogP contribution in [0.15, 0.2) is 16.6 Å². The normalized spacial score (nSPS) is 16.2. The number of halogens is 3. The second-order valence-electron chi connectivity index (χ2n) is 6.92. The van der Waals surface area contributed by atoms with Crippen molar-refractivity contribution in [1.29, 1.82) is 0 Å². The summed E-state index contributed by atoms with van der Waals surface area (Å²) in [5.41, 5.74) is -0.483. The van der Waals surface area contributed by atoms with E-state index < -0.39 is 11.4 Å². The molecular formula is C17H22BrClFNO3. The Morgan fingerprint density at radius 1 is 1.38 bits per heavy atom. The molecule has 24 heavy (non-hydrogen) atoms. The lowest BCUT2D eigenvalue weighted by atomic mass is 9.98. The van der Waals surface area contributed by atoms with Gasteiger partial charge in [0, 0.05) is 13.1 Å². The van der Waals surface area contributed by atoms with E-state index in [-0.39, 0.29) is 11.1 Å². The lowest BCUT2D eigenvalue weighted by molar-refractivity contribution is 0.0165. The Hall–Kier alpha value is -1.01. The molecule has 1 amide bonds. The van der Waals surface area contributed by atoms with E-state index in [4.69, 9.17) is 21.1 Å². The van der Waals surface area contributed by atoms with Crippen LogP contribution in [-0.2, 0) is 4.74 Å². The Labute approximate surface area is 155 Å². The molecule has 0 aromatic heterocycles. The molecule has 0 spiro atoms. The zero-order chi connectivity index (χ0) is 17.9. The minimum atomic E-state index is -0.483. The van der Waals surface area contributed by atoms with E-state index >= 15 is 0 Å². The summed E-state index contributed by atoms with van der Waals surface area (Å²) in [7, 11) is 0. The number of benzene rings is 1. The highest BCUT2D eigenvalue weighted by Crippen LogP contribution is 2.34. The third-order valence-corrected chi connectivity index (χ3v) is 4.56. The van der Waals surface area contributed by atoms with Gasteiger partial charge in [-0.05, 0) is 67.6 Å². The molecule has 0 radical (unpaired) electrons. The summed E-state index contributed by atoms with van der Waals surface area (Å²) in [6, 6.07) is 2.55.